The zero-order valence-electron chi connectivity index (χ0n) is 19.9. The van der Waals surface area contributed by atoms with E-state index in [1.165, 1.54) is 5.57 Å². The molecule has 1 rings (SSSR count). The highest BCUT2D eigenvalue weighted by molar-refractivity contribution is 7.90. The Balaban J connectivity index is 3.63. The van der Waals surface area contributed by atoms with Gasteiger partial charge in [0.05, 0.1) is 12.7 Å². The van der Waals surface area contributed by atoms with Crippen LogP contribution in [-0.4, -0.2) is 52.8 Å². The van der Waals surface area contributed by atoms with Gasteiger partial charge in [-0.1, -0.05) is 92.3 Å². The molecule has 1 aliphatic heterocycles. The quantitative estimate of drug-likeness (QED) is 0.291. The minimum Gasteiger partial charge on any atom is -0.331 e. The van der Waals surface area contributed by atoms with E-state index in [0.29, 0.717) is 23.8 Å². The number of carbonyl (C=O) groups is 1. The van der Waals surface area contributed by atoms with E-state index in [1.54, 1.807) is 0 Å². The third kappa shape index (κ3) is 4.08. The van der Waals surface area contributed by atoms with Gasteiger partial charge in [-0.2, -0.15) is 0 Å². The van der Waals surface area contributed by atoms with Crippen LogP contribution in [0.4, 0.5) is 0 Å². The van der Waals surface area contributed by atoms with Crippen LogP contribution in [0.15, 0.2) is 11.3 Å². The Morgan fingerprint density at radius 1 is 0.846 bits per heavy atom. The lowest BCUT2D eigenvalue weighted by Crippen LogP contribution is -2.82. The molecule has 1 atom stereocenters. The summed E-state index contributed by atoms with van der Waals surface area (Å²) in [6.07, 6.45) is 0. The molecule has 26 heavy (non-hydrogen) atoms. The number of rotatable bonds is 7. The zero-order chi connectivity index (χ0) is 20.9. The van der Waals surface area contributed by atoms with Crippen LogP contribution in [0.3, 0.4) is 0 Å². The van der Waals surface area contributed by atoms with Crippen molar-refractivity contribution in [1.82, 2.24) is 4.90 Å². The summed E-state index contributed by atoms with van der Waals surface area (Å²) in [5.41, 5.74) is 3.93. The molecule has 0 radical (unpaired) electrons. The van der Waals surface area contributed by atoms with Crippen molar-refractivity contribution in [1.29, 1.82) is 0 Å². The van der Waals surface area contributed by atoms with E-state index in [2.05, 4.69) is 97.2 Å². The van der Waals surface area contributed by atoms with Gasteiger partial charge in [-0.25, -0.2) is 0 Å². The SMILES string of the molecule is CC(C)CN1C(=O)/C(=C\[Si]([Si](C)(C)C)([Si](C)(C)C)[Si](C)(C)C)C1C(C)C. The Kier molecular flexibility index (Phi) is 6.94. The minimum atomic E-state index is -1.62. The first kappa shape index (κ1) is 24.1. The first-order chi connectivity index (χ1) is 11.4. The fourth-order valence-electron chi connectivity index (χ4n) is 6.23. The molecule has 1 heterocycles. The van der Waals surface area contributed by atoms with E-state index in [1.807, 2.05) is 0 Å². The van der Waals surface area contributed by atoms with Crippen LogP contribution in [0.5, 0.6) is 0 Å². The van der Waals surface area contributed by atoms with Gasteiger partial charge in [-0.3, -0.25) is 4.79 Å². The first-order valence-corrected chi connectivity index (χ1v) is 26.0. The second kappa shape index (κ2) is 7.48. The van der Waals surface area contributed by atoms with Crippen molar-refractivity contribution in [3.05, 3.63) is 11.3 Å². The van der Waals surface area contributed by atoms with Crippen molar-refractivity contribution >= 4 is 35.3 Å². The lowest BCUT2D eigenvalue weighted by molar-refractivity contribution is -0.139. The summed E-state index contributed by atoms with van der Waals surface area (Å²) in [5.74, 6) is 1.40. The monoisotopic (exact) mass is 427 g/mol. The number of nitrogens with zero attached hydrogens (tertiary/aromatic N) is 1. The summed E-state index contributed by atoms with van der Waals surface area (Å²) >= 11 is 0. The molecule has 1 fully saturated rings. The van der Waals surface area contributed by atoms with Gasteiger partial charge < -0.3 is 4.90 Å². The topological polar surface area (TPSA) is 20.3 Å². The normalized spacial score (nSPS) is 21.8. The van der Waals surface area contributed by atoms with Gasteiger partial charge in [0, 0.05) is 34.9 Å². The summed E-state index contributed by atoms with van der Waals surface area (Å²) in [7, 11) is -4.16. The van der Waals surface area contributed by atoms with Crippen LogP contribution in [0, 0.1) is 11.8 Å². The molecule has 152 valence electrons. The number of amides is 1. The van der Waals surface area contributed by atoms with Crippen LogP contribution >= 0.6 is 0 Å². The molecule has 0 bridgehead atoms. The van der Waals surface area contributed by atoms with Crippen molar-refractivity contribution in [2.75, 3.05) is 6.54 Å². The molecule has 2 nitrogen and oxygen atoms in total. The summed E-state index contributed by atoms with van der Waals surface area (Å²) in [4.78, 5) is 15.4. The Labute approximate surface area is 167 Å². The van der Waals surface area contributed by atoms with Gasteiger partial charge in [0.1, 0.15) is 0 Å². The van der Waals surface area contributed by atoms with Crippen molar-refractivity contribution in [2.24, 2.45) is 11.8 Å². The zero-order valence-corrected chi connectivity index (χ0v) is 23.9. The smallest absolute Gasteiger partial charge is 0.251 e. The maximum Gasteiger partial charge on any atom is 0.251 e. The second-order valence-corrected chi connectivity index (χ2v) is 52.7. The molecule has 0 spiro atoms. The van der Waals surface area contributed by atoms with E-state index in [9.17, 15) is 4.79 Å². The minimum absolute atomic E-state index is 0.348. The Hall–Kier alpha value is 0.0775. The molecular formula is C20H45NOSi4. The van der Waals surface area contributed by atoms with E-state index >= 15 is 0 Å². The number of carbonyl (C=O) groups excluding carboxylic acids is 1. The predicted molar refractivity (Wildman–Crippen MR) is 129 cm³/mol. The lowest BCUT2D eigenvalue weighted by atomic mass is 9.86. The molecule has 0 aromatic heterocycles. The fourth-order valence-corrected chi connectivity index (χ4v) is 101. The van der Waals surface area contributed by atoms with E-state index in [4.69, 9.17) is 0 Å². The van der Waals surface area contributed by atoms with Gasteiger partial charge in [0.15, 0.2) is 0 Å². The molecule has 6 heteroatoms. The summed E-state index contributed by atoms with van der Waals surface area (Å²) in [6, 6.07) is 0.348. The lowest BCUT2D eigenvalue weighted by Gasteiger charge is -2.57. The Morgan fingerprint density at radius 2 is 1.23 bits per heavy atom. The number of hydrogen-bond acceptors (Lipinski definition) is 1. The van der Waals surface area contributed by atoms with Gasteiger partial charge in [-0.15, -0.1) is 0 Å². The second-order valence-electron chi connectivity index (χ2n) is 12.2. The molecule has 0 saturated carbocycles. The van der Waals surface area contributed by atoms with E-state index in [0.717, 1.165) is 6.54 Å². The molecule has 0 aromatic carbocycles. The van der Waals surface area contributed by atoms with E-state index < -0.39 is 29.4 Å². The highest BCUT2D eigenvalue weighted by atomic mass is 29.9. The van der Waals surface area contributed by atoms with E-state index in [-0.39, 0.29) is 0 Å². The van der Waals surface area contributed by atoms with Gasteiger partial charge >= 0.3 is 0 Å². The molecule has 1 unspecified atom stereocenters. The predicted octanol–water partition coefficient (Wildman–Crippen LogP) is 5.67. The standard InChI is InChI=1S/C20H45NOSi4/c1-16(2)14-21-19(17(3)4)18(20(21)22)15-26(23(5,6)7,24(8,9)10)25(11,12)13/h15-17,19H,14H2,1-13H3/b18-15-. The van der Waals surface area contributed by atoms with Crippen LogP contribution < -0.4 is 0 Å². The number of β-lactam (4-membered cyclic amide) rings is 1. The average Bonchev–Trinajstić information content (AvgIpc) is 2.35. The van der Waals surface area contributed by atoms with Gasteiger partial charge in [0.2, 0.25) is 0 Å². The largest absolute Gasteiger partial charge is 0.331 e. The van der Waals surface area contributed by atoms with Crippen molar-refractivity contribution in [3.8, 4) is 0 Å². The Morgan fingerprint density at radius 3 is 1.50 bits per heavy atom. The van der Waals surface area contributed by atoms with Crippen LogP contribution in [0.2, 0.25) is 58.9 Å². The van der Waals surface area contributed by atoms with Crippen LogP contribution in [-0.2, 0) is 4.79 Å². The number of likely N-dealkylation sites (tertiary alicyclic amines) is 1. The first-order valence-electron chi connectivity index (χ1n) is 10.4. The maximum atomic E-state index is 13.2. The summed E-state index contributed by atoms with van der Waals surface area (Å²) in [5, 5.41) is 0. The molecule has 0 aliphatic carbocycles. The highest BCUT2D eigenvalue weighted by Crippen LogP contribution is 2.42. The van der Waals surface area contributed by atoms with Crippen LogP contribution in [0.1, 0.15) is 27.7 Å². The third-order valence-electron chi connectivity index (χ3n) is 6.28. The molecule has 0 aromatic rings. The van der Waals surface area contributed by atoms with Gasteiger partial charge in [-0.05, 0) is 11.8 Å². The molecule has 1 aliphatic rings. The maximum absolute atomic E-state index is 13.2. The number of hydrogen-bond donors (Lipinski definition) is 0. The molecule has 1 saturated heterocycles. The fraction of sp³-hybridized carbons (Fsp3) is 0.850. The third-order valence-corrected chi connectivity index (χ3v) is 77.2. The Bertz CT molecular complexity index is 526. The molecular weight excluding hydrogens is 383 g/mol. The molecule has 1 amide bonds. The van der Waals surface area contributed by atoms with Gasteiger partial charge in [0.25, 0.3) is 5.91 Å². The highest BCUT2D eigenvalue weighted by Gasteiger charge is 2.61. The summed E-state index contributed by atoms with van der Waals surface area (Å²) < 4.78 is 0. The molecule has 0 N–H and O–H groups in total. The summed E-state index contributed by atoms with van der Waals surface area (Å²) in [6.45, 7) is 31.7. The van der Waals surface area contributed by atoms with Crippen molar-refractivity contribution in [3.63, 3.8) is 0 Å². The van der Waals surface area contributed by atoms with Crippen LogP contribution in [0.25, 0.3) is 0 Å². The average molecular weight is 428 g/mol. The van der Waals surface area contributed by atoms with Crippen molar-refractivity contribution in [2.45, 2.75) is 92.7 Å². The van der Waals surface area contributed by atoms with Crippen molar-refractivity contribution < 1.29 is 4.79 Å².